The number of ether oxygens (including phenoxy) is 3. The Morgan fingerprint density at radius 3 is 1.28 bits per heavy atom. The first-order valence-corrected chi connectivity index (χ1v) is 21.3. The van der Waals surface area contributed by atoms with Crippen LogP contribution < -0.4 is 0 Å². The third kappa shape index (κ3) is 39.5. The molecule has 1 atom stereocenters. The zero-order valence-corrected chi connectivity index (χ0v) is 34.4. The highest BCUT2D eigenvalue weighted by atomic mass is 16.6. The van der Waals surface area contributed by atoms with Crippen LogP contribution >= 0.6 is 0 Å². The van der Waals surface area contributed by atoms with Gasteiger partial charge in [0.05, 0.1) is 0 Å². The minimum Gasteiger partial charge on any atom is -0.462 e. The van der Waals surface area contributed by atoms with E-state index in [1.807, 2.05) is 0 Å². The molecule has 0 aromatic heterocycles. The zero-order chi connectivity index (χ0) is 39.4. The van der Waals surface area contributed by atoms with Crippen LogP contribution in [-0.4, -0.2) is 37.2 Å². The second-order valence-corrected chi connectivity index (χ2v) is 13.5. The van der Waals surface area contributed by atoms with Crippen LogP contribution in [0.1, 0.15) is 168 Å². The molecule has 0 rings (SSSR count). The molecule has 0 aromatic carbocycles. The molecule has 0 spiro atoms. The maximum Gasteiger partial charge on any atom is 0.306 e. The Morgan fingerprint density at radius 2 is 0.759 bits per heavy atom. The fraction of sp³-hybridized carbons (Fsp3) is 0.604. The molecule has 0 heterocycles. The predicted molar refractivity (Wildman–Crippen MR) is 228 cm³/mol. The smallest absolute Gasteiger partial charge is 0.306 e. The Kier molecular flexibility index (Phi) is 39.2. The highest BCUT2D eigenvalue weighted by Crippen LogP contribution is 2.12. The second kappa shape index (κ2) is 42.1. The van der Waals surface area contributed by atoms with E-state index in [1.54, 1.807) is 0 Å². The normalized spacial score (nSPS) is 13.0. The van der Waals surface area contributed by atoms with Crippen LogP contribution in [0, 0.1) is 0 Å². The average Bonchev–Trinajstić information content (AvgIpc) is 3.17. The SMILES string of the molecule is CC\C=C/C=C\C=C/CCCCCCCCCC(=O)OCC(COC(=O)CCCC/C=C\C/C=C\CC)OC(=O)CCCC/C=C\C/C=C\C/C=C\CC. The summed E-state index contributed by atoms with van der Waals surface area (Å²) in [5, 5.41) is 0. The van der Waals surface area contributed by atoms with E-state index in [-0.39, 0.29) is 37.5 Å². The molecule has 304 valence electrons. The molecule has 0 N–H and O–H groups in total. The number of allylic oxidation sites excluding steroid dienone is 16. The van der Waals surface area contributed by atoms with Gasteiger partial charge in [-0.2, -0.15) is 0 Å². The number of rotatable bonds is 36. The van der Waals surface area contributed by atoms with Gasteiger partial charge in [-0.05, 0) is 96.3 Å². The Morgan fingerprint density at radius 1 is 0.389 bits per heavy atom. The Hall–Kier alpha value is -3.67. The van der Waals surface area contributed by atoms with Crippen LogP contribution in [-0.2, 0) is 28.6 Å². The average molecular weight is 749 g/mol. The van der Waals surface area contributed by atoms with Crippen molar-refractivity contribution < 1.29 is 28.6 Å². The van der Waals surface area contributed by atoms with Gasteiger partial charge in [0.2, 0.25) is 0 Å². The first kappa shape index (κ1) is 50.3. The van der Waals surface area contributed by atoms with E-state index >= 15 is 0 Å². The van der Waals surface area contributed by atoms with Gasteiger partial charge in [-0.3, -0.25) is 14.4 Å². The number of hydrogen-bond acceptors (Lipinski definition) is 6. The molecule has 54 heavy (non-hydrogen) atoms. The minimum absolute atomic E-state index is 0.112. The largest absolute Gasteiger partial charge is 0.462 e. The summed E-state index contributed by atoms with van der Waals surface area (Å²) in [6, 6.07) is 0. The molecule has 0 saturated carbocycles. The molecule has 0 aliphatic rings. The zero-order valence-electron chi connectivity index (χ0n) is 34.4. The third-order valence-electron chi connectivity index (χ3n) is 8.38. The van der Waals surface area contributed by atoms with Gasteiger partial charge in [0.1, 0.15) is 13.2 Å². The van der Waals surface area contributed by atoms with Crippen LogP contribution in [0.25, 0.3) is 0 Å². The van der Waals surface area contributed by atoms with Gasteiger partial charge < -0.3 is 14.2 Å². The predicted octanol–water partition coefficient (Wildman–Crippen LogP) is 13.5. The van der Waals surface area contributed by atoms with Crippen LogP contribution in [0.2, 0.25) is 0 Å². The molecule has 0 fully saturated rings. The monoisotopic (exact) mass is 749 g/mol. The van der Waals surface area contributed by atoms with Crippen LogP contribution in [0.5, 0.6) is 0 Å². The summed E-state index contributed by atoms with van der Waals surface area (Å²) >= 11 is 0. The van der Waals surface area contributed by atoms with Crippen LogP contribution in [0.4, 0.5) is 0 Å². The molecular weight excluding hydrogens is 673 g/mol. The molecule has 0 amide bonds. The maximum atomic E-state index is 12.7. The van der Waals surface area contributed by atoms with E-state index in [1.165, 1.54) is 25.7 Å². The minimum atomic E-state index is -0.813. The van der Waals surface area contributed by atoms with Crippen LogP contribution in [0.3, 0.4) is 0 Å². The van der Waals surface area contributed by atoms with Crippen molar-refractivity contribution in [1.82, 2.24) is 0 Å². The second-order valence-electron chi connectivity index (χ2n) is 13.5. The lowest BCUT2D eigenvalue weighted by Gasteiger charge is -2.18. The number of esters is 3. The maximum absolute atomic E-state index is 12.7. The topological polar surface area (TPSA) is 78.9 Å². The van der Waals surface area contributed by atoms with E-state index in [0.29, 0.717) is 19.3 Å². The Bertz CT molecular complexity index is 1140. The number of carbonyl (C=O) groups excluding carboxylic acids is 3. The summed E-state index contributed by atoms with van der Waals surface area (Å²) < 4.78 is 16.6. The summed E-state index contributed by atoms with van der Waals surface area (Å²) in [7, 11) is 0. The fourth-order valence-corrected chi connectivity index (χ4v) is 5.26. The van der Waals surface area contributed by atoms with Crippen molar-refractivity contribution in [2.75, 3.05) is 13.2 Å². The summed E-state index contributed by atoms with van der Waals surface area (Å²) in [5.41, 5.74) is 0. The van der Waals surface area contributed by atoms with Gasteiger partial charge >= 0.3 is 17.9 Å². The molecule has 1 unspecified atom stereocenters. The highest BCUT2D eigenvalue weighted by Gasteiger charge is 2.19. The van der Waals surface area contributed by atoms with Crippen molar-refractivity contribution in [3.8, 4) is 0 Å². The van der Waals surface area contributed by atoms with Crippen molar-refractivity contribution in [1.29, 1.82) is 0 Å². The number of carbonyl (C=O) groups is 3. The molecule has 0 saturated heterocycles. The van der Waals surface area contributed by atoms with Crippen molar-refractivity contribution in [2.45, 2.75) is 175 Å². The van der Waals surface area contributed by atoms with E-state index in [2.05, 4.69) is 118 Å². The van der Waals surface area contributed by atoms with Gasteiger partial charge in [-0.1, -0.05) is 150 Å². The third-order valence-corrected chi connectivity index (χ3v) is 8.38. The van der Waals surface area contributed by atoms with E-state index < -0.39 is 6.10 Å². The summed E-state index contributed by atoms with van der Waals surface area (Å²) in [4.78, 5) is 37.6. The molecule has 0 aliphatic carbocycles. The van der Waals surface area contributed by atoms with Crippen molar-refractivity contribution in [2.24, 2.45) is 0 Å². The lowest BCUT2D eigenvalue weighted by atomic mass is 10.1. The molecule has 0 radical (unpaired) electrons. The van der Waals surface area contributed by atoms with Gasteiger partial charge in [-0.15, -0.1) is 0 Å². The van der Waals surface area contributed by atoms with E-state index in [9.17, 15) is 14.4 Å². The molecule has 0 bridgehead atoms. The van der Waals surface area contributed by atoms with E-state index in [4.69, 9.17) is 14.2 Å². The standard InChI is InChI=1S/C48H76O6/c1-4-7-10-13-16-19-21-23-24-25-27-29-32-35-38-41-47(50)53-44-45(43-52-46(49)40-37-34-31-28-18-15-12-9-6-3)54-48(51)42-39-36-33-30-26-22-20-17-14-11-8-5-2/h7-13,16-21,26,28,30,45H,4-6,14-15,22-25,27,29,31-44H2,1-3H3/b10-7-,11-8-,12-9-,16-13-,20-17-,21-19-,28-18-,30-26-. The molecular formula is C48H76O6. The van der Waals surface area contributed by atoms with E-state index in [0.717, 1.165) is 96.3 Å². The molecule has 6 nitrogen and oxygen atoms in total. The van der Waals surface area contributed by atoms with Crippen molar-refractivity contribution >= 4 is 17.9 Å². The number of hydrogen-bond donors (Lipinski definition) is 0. The Balaban J connectivity index is 4.48. The first-order valence-electron chi connectivity index (χ1n) is 21.3. The van der Waals surface area contributed by atoms with Crippen molar-refractivity contribution in [3.05, 3.63) is 97.2 Å². The van der Waals surface area contributed by atoms with Gasteiger partial charge in [0, 0.05) is 19.3 Å². The quantitative estimate of drug-likeness (QED) is 0.0209. The van der Waals surface area contributed by atoms with Gasteiger partial charge in [0.25, 0.3) is 0 Å². The highest BCUT2D eigenvalue weighted by molar-refractivity contribution is 5.71. The molecule has 0 aromatic rings. The van der Waals surface area contributed by atoms with Gasteiger partial charge in [0.15, 0.2) is 6.10 Å². The molecule has 6 heteroatoms. The van der Waals surface area contributed by atoms with Crippen LogP contribution in [0.15, 0.2) is 97.2 Å². The molecule has 0 aliphatic heterocycles. The lowest BCUT2D eigenvalue weighted by Crippen LogP contribution is -2.30. The summed E-state index contributed by atoms with van der Waals surface area (Å²) in [6.45, 7) is 6.15. The summed E-state index contributed by atoms with van der Waals surface area (Å²) in [6.07, 6.45) is 54.1. The fourth-order valence-electron chi connectivity index (χ4n) is 5.26. The summed E-state index contributed by atoms with van der Waals surface area (Å²) in [5.74, 6) is -1.02. The lowest BCUT2D eigenvalue weighted by molar-refractivity contribution is -0.167. The number of unbranched alkanes of at least 4 members (excludes halogenated alkanes) is 11. The van der Waals surface area contributed by atoms with Crippen molar-refractivity contribution in [3.63, 3.8) is 0 Å². The van der Waals surface area contributed by atoms with Gasteiger partial charge in [-0.25, -0.2) is 0 Å². The first-order chi connectivity index (χ1) is 26.5. The Labute approximate surface area is 330 Å².